The molecular weight excluding hydrogens is 550 g/mol. The average molecular weight is 576 g/mol. The van der Waals surface area contributed by atoms with E-state index >= 15 is 0 Å². The second kappa shape index (κ2) is 12.8. The van der Waals surface area contributed by atoms with Crippen LogP contribution in [0.25, 0.3) is 12.2 Å². The molecule has 37 heavy (non-hydrogen) atoms. The molecule has 0 bridgehead atoms. The molecule has 0 spiro atoms. The van der Waals surface area contributed by atoms with Crippen molar-refractivity contribution in [2.75, 3.05) is 13.1 Å². The summed E-state index contributed by atoms with van der Waals surface area (Å²) in [6.07, 6.45) is 3.92. The SMILES string of the molecule is Cc1ccc(/C=C2\CN(C(=O)[C@@H](N)Cc3ccccc3)C/C(=C\c3ccc(Cl)c(Cl)c3)C2=O)cc1Cl.Cl. The zero-order valence-electron chi connectivity index (χ0n) is 20.1. The van der Waals surface area contributed by atoms with Gasteiger partial charge in [0.25, 0.3) is 0 Å². The van der Waals surface area contributed by atoms with Crippen LogP contribution in [0.1, 0.15) is 22.3 Å². The molecule has 0 aliphatic carbocycles. The molecule has 1 saturated heterocycles. The summed E-state index contributed by atoms with van der Waals surface area (Å²) in [5, 5.41) is 1.42. The summed E-state index contributed by atoms with van der Waals surface area (Å²) >= 11 is 18.5. The number of hydrogen-bond donors (Lipinski definition) is 1. The maximum absolute atomic E-state index is 13.5. The molecule has 3 aromatic rings. The van der Waals surface area contributed by atoms with Gasteiger partial charge in [0.15, 0.2) is 5.78 Å². The van der Waals surface area contributed by atoms with E-state index in [0.29, 0.717) is 38.2 Å². The molecular formula is C29H26Cl4N2O2. The van der Waals surface area contributed by atoms with Gasteiger partial charge in [-0.25, -0.2) is 0 Å². The molecule has 1 fully saturated rings. The minimum absolute atomic E-state index is 0. The Bertz CT molecular complexity index is 1300. The number of amides is 1. The van der Waals surface area contributed by atoms with E-state index in [2.05, 4.69) is 0 Å². The Morgan fingerprint density at radius 2 is 1.46 bits per heavy atom. The molecule has 1 aliphatic rings. The van der Waals surface area contributed by atoms with Crippen LogP contribution < -0.4 is 5.73 Å². The van der Waals surface area contributed by atoms with E-state index in [0.717, 1.165) is 16.7 Å². The lowest BCUT2D eigenvalue weighted by Gasteiger charge is -2.32. The topological polar surface area (TPSA) is 63.4 Å². The van der Waals surface area contributed by atoms with Gasteiger partial charge in [-0.3, -0.25) is 9.59 Å². The lowest BCUT2D eigenvalue weighted by molar-refractivity contribution is -0.132. The van der Waals surface area contributed by atoms with Gasteiger partial charge in [0.05, 0.1) is 16.1 Å². The van der Waals surface area contributed by atoms with Crippen LogP contribution in [-0.2, 0) is 16.0 Å². The van der Waals surface area contributed by atoms with E-state index < -0.39 is 6.04 Å². The van der Waals surface area contributed by atoms with Gasteiger partial charge in [0.1, 0.15) is 0 Å². The monoisotopic (exact) mass is 574 g/mol. The fourth-order valence-corrected chi connectivity index (χ4v) is 4.58. The van der Waals surface area contributed by atoms with Gasteiger partial charge in [-0.1, -0.05) is 83.3 Å². The van der Waals surface area contributed by atoms with Crippen LogP contribution >= 0.6 is 47.2 Å². The molecule has 0 saturated carbocycles. The summed E-state index contributed by atoms with van der Waals surface area (Å²) in [6.45, 7) is 2.22. The van der Waals surface area contributed by atoms with Gasteiger partial charge in [0, 0.05) is 29.3 Å². The molecule has 0 unspecified atom stereocenters. The molecule has 3 aromatic carbocycles. The normalized spacial score (nSPS) is 16.6. The highest BCUT2D eigenvalue weighted by Crippen LogP contribution is 2.27. The van der Waals surface area contributed by atoms with E-state index in [1.54, 1.807) is 41.3 Å². The lowest BCUT2D eigenvalue weighted by Crippen LogP contribution is -2.49. The molecule has 1 aliphatic heterocycles. The first-order valence-electron chi connectivity index (χ1n) is 11.5. The molecule has 0 aromatic heterocycles. The summed E-state index contributed by atoms with van der Waals surface area (Å²) in [6, 6.07) is 19.6. The van der Waals surface area contributed by atoms with Crippen LogP contribution in [0.4, 0.5) is 0 Å². The molecule has 1 atom stereocenters. The number of carbonyl (C=O) groups is 2. The lowest BCUT2D eigenvalue weighted by atomic mass is 9.93. The van der Waals surface area contributed by atoms with E-state index in [1.807, 2.05) is 49.4 Å². The highest BCUT2D eigenvalue weighted by Gasteiger charge is 2.31. The van der Waals surface area contributed by atoms with Crippen molar-refractivity contribution in [1.29, 1.82) is 0 Å². The van der Waals surface area contributed by atoms with Gasteiger partial charge >= 0.3 is 0 Å². The van der Waals surface area contributed by atoms with Crippen LogP contribution in [0.2, 0.25) is 15.1 Å². The largest absolute Gasteiger partial charge is 0.332 e. The molecule has 2 N–H and O–H groups in total. The van der Waals surface area contributed by atoms with E-state index in [-0.39, 0.29) is 37.2 Å². The van der Waals surface area contributed by atoms with E-state index in [9.17, 15) is 9.59 Å². The molecule has 1 heterocycles. The number of Topliss-reactive ketones (excluding diaryl/α,β-unsaturated/α-hetero) is 1. The van der Waals surface area contributed by atoms with Crippen LogP contribution in [0, 0.1) is 6.92 Å². The summed E-state index contributed by atoms with van der Waals surface area (Å²) in [4.78, 5) is 28.5. The molecule has 4 rings (SSSR count). The van der Waals surface area contributed by atoms with Gasteiger partial charge in [0.2, 0.25) is 5.91 Å². The Kier molecular flexibility index (Phi) is 10.00. The van der Waals surface area contributed by atoms with Crippen molar-refractivity contribution in [3.05, 3.63) is 115 Å². The van der Waals surface area contributed by atoms with E-state index in [1.165, 1.54) is 0 Å². The summed E-state index contributed by atoms with van der Waals surface area (Å²) in [5.41, 5.74) is 10.7. The van der Waals surface area contributed by atoms with Crippen LogP contribution in [-0.4, -0.2) is 35.7 Å². The summed E-state index contributed by atoms with van der Waals surface area (Å²) in [7, 11) is 0. The number of rotatable bonds is 5. The van der Waals surface area contributed by atoms with Crippen molar-refractivity contribution in [1.82, 2.24) is 4.90 Å². The van der Waals surface area contributed by atoms with Crippen LogP contribution in [0.3, 0.4) is 0 Å². The zero-order valence-corrected chi connectivity index (χ0v) is 23.2. The van der Waals surface area contributed by atoms with E-state index in [4.69, 9.17) is 40.5 Å². The number of hydrogen-bond acceptors (Lipinski definition) is 3. The van der Waals surface area contributed by atoms with Crippen molar-refractivity contribution in [3.8, 4) is 0 Å². The number of likely N-dealkylation sites (tertiary alicyclic amines) is 1. The van der Waals surface area contributed by atoms with Crippen molar-refractivity contribution >= 4 is 71.1 Å². The number of carbonyl (C=O) groups excluding carboxylic acids is 2. The minimum Gasteiger partial charge on any atom is -0.332 e. The number of benzene rings is 3. The zero-order chi connectivity index (χ0) is 25.8. The predicted molar refractivity (Wildman–Crippen MR) is 156 cm³/mol. The Morgan fingerprint density at radius 3 is 2.03 bits per heavy atom. The quantitative estimate of drug-likeness (QED) is 0.339. The van der Waals surface area contributed by atoms with Gasteiger partial charge in [-0.15, -0.1) is 12.4 Å². The number of nitrogens with zero attached hydrogens (tertiary/aromatic N) is 1. The van der Waals surface area contributed by atoms with Gasteiger partial charge in [-0.05, 0) is 65.9 Å². The Morgan fingerprint density at radius 1 is 0.892 bits per heavy atom. The number of piperidine rings is 1. The average Bonchev–Trinajstić information content (AvgIpc) is 2.86. The van der Waals surface area contributed by atoms with Crippen molar-refractivity contribution in [3.63, 3.8) is 0 Å². The molecule has 4 nitrogen and oxygen atoms in total. The molecule has 192 valence electrons. The molecule has 0 radical (unpaired) electrons. The fourth-order valence-electron chi connectivity index (χ4n) is 4.09. The Hall–Kier alpha value is -2.60. The Labute approximate surface area is 238 Å². The molecule has 1 amide bonds. The maximum Gasteiger partial charge on any atom is 0.240 e. The third-order valence-corrected chi connectivity index (χ3v) is 7.20. The van der Waals surface area contributed by atoms with Gasteiger partial charge < -0.3 is 10.6 Å². The third kappa shape index (κ3) is 7.25. The molecule has 8 heteroatoms. The number of aryl methyl sites for hydroxylation is 1. The standard InChI is InChI=1S/C29H25Cl3N2O2.ClH/c1-18-7-8-20(13-25(18)31)11-22-16-34(29(36)27(33)15-19-5-3-2-4-6-19)17-23(28(22)35)12-21-9-10-24(30)26(32)14-21;/h2-14,27H,15-17,33H2,1H3;1H/b22-11+,23-12+;/t27-;/m0./s1. The first kappa shape index (κ1) is 29.0. The number of nitrogens with two attached hydrogens (primary N) is 1. The van der Waals surface area contributed by atoms with Crippen molar-refractivity contribution in [2.24, 2.45) is 5.73 Å². The smallest absolute Gasteiger partial charge is 0.240 e. The van der Waals surface area contributed by atoms with Gasteiger partial charge in [-0.2, -0.15) is 0 Å². The van der Waals surface area contributed by atoms with Crippen molar-refractivity contribution < 1.29 is 9.59 Å². The summed E-state index contributed by atoms with van der Waals surface area (Å²) < 4.78 is 0. The highest BCUT2D eigenvalue weighted by atomic mass is 35.5. The van der Waals surface area contributed by atoms with Crippen molar-refractivity contribution in [2.45, 2.75) is 19.4 Å². The van der Waals surface area contributed by atoms with Crippen LogP contribution in [0.15, 0.2) is 77.9 Å². The Balaban J connectivity index is 0.00000380. The second-order valence-corrected chi connectivity index (χ2v) is 10.1. The van der Waals surface area contributed by atoms with Crippen LogP contribution in [0.5, 0.6) is 0 Å². The second-order valence-electron chi connectivity index (χ2n) is 8.84. The maximum atomic E-state index is 13.5. The predicted octanol–water partition coefficient (Wildman–Crippen LogP) is 6.83. The highest BCUT2D eigenvalue weighted by molar-refractivity contribution is 6.42. The summed E-state index contributed by atoms with van der Waals surface area (Å²) in [5.74, 6) is -0.363. The third-order valence-electron chi connectivity index (χ3n) is 6.05. The minimum atomic E-state index is -0.734. The number of ketones is 1. The first-order valence-corrected chi connectivity index (χ1v) is 12.6. The first-order chi connectivity index (χ1) is 17.2. The number of halogens is 4. The fraction of sp³-hybridized carbons (Fsp3) is 0.172.